The van der Waals surface area contributed by atoms with Crippen molar-refractivity contribution in [2.24, 2.45) is 0 Å². The molecule has 0 unspecified atom stereocenters. The summed E-state index contributed by atoms with van der Waals surface area (Å²) < 4.78 is 11.7. The van der Waals surface area contributed by atoms with Crippen molar-refractivity contribution in [3.05, 3.63) is 0 Å². The summed E-state index contributed by atoms with van der Waals surface area (Å²) in [4.78, 5) is 4.17. The van der Waals surface area contributed by atoms with Gasteiger partial charge in [-0.15, -0.1) is 0 Å². The molecule has 0 aromatic rings. The van der Waals surface area contributed by atoms with Crippen LogP contribution in [-0.2, 0) is 8.85 Å². The average Bonchev–Trinajstić information content (AvgIpc) is 2.42. The molecule has 0 saturated carbocycles. The van der Waals surface area contributed by atoms with Crippen LogP contribution in [0.5, 0.6) is 0 Å². The third-order valence-corrected chi connectivity index (χ3v) is 4.85. The Kier molecular flexibility index (Phi) is 11.1. The molecule has 0 amide bonds. The lowest BCUT2D eigenvalue weighted by atomic mass is 10.4. The monoisotopic (exact) mass is 312 g/mol. The fourth-order valence-electron chi connectivity index (χ4n) is 1.64. The third-order valence-electron chi connectivity index (χ3n) is 3.06. The highest BCUT2D eigenvalue weighted by Crippen LogP contribution is 2.06. The number of rotatable bonds is 12. The summed E-state index contributed by atoms with van der Waals surface area (Å²) in [5, 5.41) is 17.0. The van der Waals surface area contributed by atoms with E-state index in [1.165, 1.54) is 0 Å². The van der Waals surface area contributed by atoms with E-state index in [-0.39, 0.29) is 0 Å². The predicted octanol–water partition coefficient (Wildman–Crippen LogP) is 1.41. The molecule has 0 atom stereocenters. The Morgan fingerprint density at radius 2 is 1.19 bits per heavy atom. The van der Waals surface area contributed by atoms with Gasteiger partial charge < -0.3 is 18.7 Å². The van der Waals surface area contributed by atoms with Crippen LogP contribution >= 0.6 is 0 Å². The summed E-state index contributed by atoms with van der Waals surface area (Å²) in [6.07, 6.45) is 1.09. The molecule has 0 rings (SSSR count). The number of hydrogen-bond acceptors (Lipinski definition) is 6. The van der Waals surface area contributed by atoms with Gasteiger partial charge in [0.2, 0.25) is 0 Å². The summed E-state index contributed by atoms with van der Waals surface area (Å²) in [7, 11) is 1.89. The molecule has 0 spiro atoms. The van der Waals surface area contributed by atoms with E-state index in [1.54, 1.807) is 0 Å². The predicted molar refractivity (Wildman–Crippen MR) is 84.8 cm³/mol. The van der Waals surface area contributed by atoms with Gasteiger partial charge >= 0.3 is 8.56 Å². The smallest absolute Gasteiger partial charge is 0.331 e. The van der Waals surface area contributed by atoms with Crippen LogP contribution in [0.3, 0.4) is 0 Å². The Hall–Kier alpha value is -0.963. The molecular formula is C14H28N4O2Si. The first-order chi connectivity index (χ1) is 9.91. The zero-order valence-electron chi connectivity index (χ0n) is 13.8. The quantitative estimate of drug-likeness (QED) is 0.507. The van der Waals surface area contributed by atoms with Crippen molar-refractivity contribution in [2.75, 3.05) is 53.5 Å². The normalized spacial score (nSPS) is 11.6. The number of likely N-dealkylation sites (N-methyl/N-ethyl adjacent to an activating group) is 2. The second-order valence-corrected chi connectivity index (χ2v) is 8.90. The maximum Gasteiger partial charge on any atom is 0.331 e. The molecule has 0 aliphatic rings. The van der Waals surface area contributed by atoms with Crippen LogP contribution < -0.4 is 0 Å². The molecule has 0 aromatic heterocycles. The van der Waals surface area contributed by atoms with Gasteiger partial charge in [0.15, 0.2) is 0 Å². The van der Waals surface area contributed by atoms with Crippen LogP contribution in [0.1, 0.15) is 12.8 Å². The van der Waals surface area contributed by atoms with Gasteiger partial charge in [0.05, 0.1) is 12.1 Å². The van der Waals surface area contributed by atoms with E-state index in [2.05, 4.69) is 21.9 Å². The van der Waals surface area contributed by atoms with Crippen LogP contribution in [0.4, 0.5) is 0 Å². The highest BCUT2D eigenvalue weighted by molar-refractivity contribution is 6.64. The lowest BCUT2D eigenvalue weighted by molar-refractivity contribution is 0.146. The van der Waals surface area contributed by atoms with Crippen LogP contribution in [0, 0.1) is 22.7 Å². The molecule has 6 nitrogen and oxygen atoms in total. The van der Waals surface area contributed by atoms with Gasteiger partial charge in [-0.3, -0.25) is 0 Å². The molecule has 0 aromatic carbocycles. The third kappa shape index (κ3) is 12.5. The molecule has 0 aliphatic carbocycles. The first-order valence-electron chi connectivity index (χ1n) is 7.30. The maximum absolute atomic E-state index is 8.52. The van der Waals surface area contributed by atoms with Crippen molar-refractivity contribution in [2.45, 2.75) is 25.9 Å². The summed E-state index contributed by atoms with van der Waals surface area (Å²) in [6.45, 7) is 8.50. The molecule has 0 fully saturated rings. The van der Waals surface area contributed by atoms with E-state index in [4.69, 9.17) is 19.4 Å². The molecule has 0 N–H and O–H groups in total. The number of hydrogen-bond donors (Lipinski definition) is 0. The van der Waals surface area contributed by atoms with Crippen molar-refractivity contribution >= 4 is 8.56 Å². The van der Waals surface area contributed by atoms with Crippen molar-refractivity contribution in [3.63, 3.8) is 0 Å². The van der Waals surface area contributed by atoms with E-state index < -0.39 is 8.56 Å². The topological polar surface area (TPSA) is 72.5 Å². The van der Waals surface area contributed by atoms with Crippen LogP contribution in [0.15, 0.2) is 0 Å². The minimum absolute atomic E-state index is 0.544. The fourth-order valence-corrected chi connectivity index (χ4v) is 2.89. The van der Waals surface area contributed by atoms with Crippen molar-refractivity contribution < 1.29 is 8.85 Å². The lowest BCUT2D eigenvalue weighted by Gasteiger charge is -2.25. The Bertz CT molecular complexity index is 320. The van der Waals surface area contributed by atoms with Crippen LogP contribution in [-0.4, -0.2) is 71.8 Å². The van der Waals surface area contributed by atoms with E-state index in [0.29, 0.717) is 26.1 Å². The molecule has 0 radical (unpaired) electrons. The first kappa shape index (κ1) is 20.0. The number of nitrogens with zero attached hydrogens (tertiary/aromatic N) is 4. The summed E-state index contributed by atoms with van der Waals surface area (Å²) in [6, 6.07) is 4.27. The SMILES string of the molecule is CN(CCC#N)CCO[Si](C)(C)OCCN(C)CCC#N. The van der Waals surface area contributed by atoms with Crippen molar-refractivity contribution in [3.8, 4) is 12.1 Å². The second-order valence-electron chi connectivity index (χ2n) is 5.52. The van der Waals surface area contributed by atoms with Gasteiger partial charge in [0.1, 0.15) is 0 Å². The van der Waals surface area contributed by atoms with Crippen molar-refractivity contribution in [1.82, 2.24) is 9.80 Å². The first-order valence-corrected chi connectivity index (χ1v) is 10.1. The Labute approximate surface area is 130 Å². The van der Waals surface area contributed by atoms with Gasteiger partial charge in [-0.2, -0.15) is 10.5 Å². The zero-order chi connectivity index (χ0) is 16.1. The Morgan fingerprint density at radius 3 is 1.52 bits per heavy atom. The van der Waals surface area contributed by atoms with Gasteiger partial charge in [-0.05, 0) is 27.2 Å². The van der Waals surface area contributed by atoms with Crippen LogP contribution in [0.2, 0.25) is 13.1 Å². The fraction of sp³-hybridized carbons (Fsp3) is 0.857. The number of nitriles is 2. The second kappa shape index (κ2) is 11.7. The van der Waals surface area contributed by atoms with Gasteiger partial charge in [-0.25, -0.2) is 0 Å². The van der Waals surface area contributed by atoms with Gasteiger partial charge in [-0.1, -0.05) is 0 Å². The lowest BCUT2D eigenvalue weighted by Crippen LogP contribution is -2.39. The molecule has 21 heavy (non-hydrogen) atoms. The highest BCUT2D eigenvalue weighted by Gasteiger charge is 2.24. The zero-order valence-corrected chi connectivity index (χ0v) is 14.8. The molecule has 0 saturated heterocycles. The van der Waals surface area contributed by atoms with Gasteiger partial charge in [0, 0.05) is 52.2 Å². The average molecular weight is 312 g/mol. The van der Waals surface area contributed by atoms with E-state index in [0.717, 1.165) is 26.2 Å². The molecule has 7 heteroatoms. The summed E-state index contributed by atoms with van der Waals surface area (Å²) in [5.74, 6) is 0. The van der Waals surface area contributed by atoms with E-state index >= 15 is 0 Å². The summed E-state index contributed by atoms with van der Waals surface area (Å²) in [5.41, 5.74) is 0. The highest BCUT2D eigenvalue weighted by atomic mass is 28.4. The molecule has 120 valence electrons. The maximum atomic E-state index is 8.52. The molecule has 0 bridgehead atoms. The largest absolute Gasteiger partial charge is 0.393 e. The van der Waals surface area contributed by atoms with E-state index in [9.17, 15) is 0 Å². The molecular weight excluding hydrogens is 284 g/mol. The Morgan fingerprint density at radius 1 is 0.810 bits per heavy atom. The van der Waals surface area contributed by atoms with E-state index in [1.807, 2.05) is 27.2 Å². The Balaban J connectivity index is 3.74. The summed E-state index contributed by atoms with van der Waals surface area (Å²) >= 11 is 0. The molecule has 0 heterocycles. The standard InChI is InChI=1S/C14H28N4O2Si/c1-17(9-5-7-15)11-13-19-21(3,4)20-14-12-18(2)10-6-8-16/h5-6,9-14H2,1-4H3. The van der Waals surface area contributed by atoms with Gasteiger partial charge in [0.25, 0.3) is 0 Å². The minimum Gasteiger partial charge on any atom is -0.393 e. The molecule has 0 aliphatic heterocycles. The van der Waals surface area contributed by atoms with Crippen LogP contribution in [0.25, 0.3) is 0 Å². The van der Waals surface area contributed by atoms with Crippen molar-refractivity contribution in [1.29, 1.82) is 10.5 Å². The minimum atomic E-state index is -2.08.